The first kappa shape index (κ1) is 14.8. The molecule has 1 aromatic heterocycles. The lowest BCUT2D eigenvalue weighted by Crippen LogP contribution is -2.44. The van der Waals surface area contributed by atoms with Crippen molar-refractivity contribution < 1.29 is 0 Å². The van der Waals surface area contributed by atoms with Gasteiger partial charge in [0, 0.05) is 31.6 Å². The van der Waals surface area contributed by atoms with Crippen LogP contribution in [-0.2, 0) is 6.42 Å². The summed E-state index contributed by atoms with van der Waals surface area (Å²) in [7, 11) is 2.19. The van der Waals surface area contributed by atoms with E-state index in [9.17, 15) is 0 Å². The zero-order chi connectivity index (χ0) is 14.7. The Balaban J connectivity index is 1.59. The van der Waals surface area contributed by atoms with E-state index in [1.165, 1.54) is 37.1 Å². The lowest BCUT2D eigenvalue weighted by atomic mass is 10.1. The number of nitrogens with zero attached hydrogens (tertiary/aromatic N) is 3. The molecule has 112 valence electrons. The molecule has 1 saturated heterocycles. The van der Waals surface area contributed by atoms with Gasteiger partial charge in [-0.3, -0.25) is 0 Å². The van der Waals surface area contributed by atoms with Crippen molar-refractivity contribution in [3.8, 4) is 0 Å². The Kier molecular flexibility index (Phi) is 4.73. The van der Waals surface area contributed by atoms with Crippen LogP contribution < -0.4 is 0 Å². The minimum absolute atomic E-state index is 0.659. The number of pyridine rings is 1. The number of halogens is 1. The number of piperazine rings is 1. The van der Waals surface area contributed by atoms with E-state index in [0.29, 0.717) is 5.15 Å². The minimum Gasteiger partial charge on any atom is -0.304 e. The number of aryl methyl sites for hydroxylation is 1. The van der Waals surface area contributed by atoms with Crippen molar-refractivity contribution in [1.29, 1.82) is 0 Å². The number of fused-ring (bicyclic) bond motifs is 1. The molecule has 0 spiro atoms. The highest BCUT2D eigenvalue weighted by Crippen LogP contribution is 2.21. The molecule has 1 fully saturated rings. The van der Waals surface area contributed by atoms with Gasteiger partial charge in [0.2, 0.25) is 0 Å². The summed E-state index contributed by atoms with van der Waals surface area (Å²) < 4.78 is 0. The molecule has 0 unspecified atom stereocenters. The van der Waals surface area contributed by atoms with Crippen LogP contribution >= 0.6 is 11.6 Å². The maximum absolute atomic E-state index is 6.31. The summed E-state index contributed by atoms with van der Waals surface area (Å²) in [6.07, 6.45) is 2.15. The van der Waals surface area contributed by atoms with E-state index in [1.54, 1.807) is 0 Å². The Bertz CT molecular complexity index is 606. The van der Waals surface area contributed by atoms with Crippen LogP contribution in [0.15, 0.2) is 30.3 Å². The van der Waals surface area contributed by atoms with Crippen LogP contribution in [0.4, 0.5) is 0 Å². The van der Waals surface area contributed by atoms with Gasteiger partial charge >= 0.3 is 0 Å². The fraction of sp³-hybridized carbons (Fsp3) is 0.471. The predicted molar refractivity (Wildman–Crippen MR) is 89.0 cm³/mol. The smallest absolute Gasteiger partial charge is 0.132 e. The highest BCUT2D eigenvalue weighted by molar-refractivity contribution is 6.30. The molecule has 0 saturated carbocycles. The van der Waals surface area contributed by atoms with E-state index in [0.717, 1.165) is 24.9 Å². The average molecular weight is 304 g/mol. The maximum atomic E-state index is 6.31. The minimum atomic E-state index is 0.659. The first-order chi connectivity index (χ1) is 10.2. The molecule has 0 radical (unpaired) electrons. The van der Waals surface area contributed by atoms with Crippen LogP contribution in [-0.4, -0.2) is 54.6 Å². The summed E-state index contributed by atoms with van der Waals surface area (Å²) in [6.45, 7) is 5.87. The summed E-state index contributed by atoms with van der Waals surface area (Å²) in [4.78, 5) is 9.43. The van der Waals surface area contributed by atoms with Crippen molar-refractivity contribution >= 4 is 22.5 Å². The summed E-state index contributed by atoms with van der Waals surface area (Å²) in [5.74, 6) is 0. The molecular formula is C17H22ClN3. The van der Waals surface area contributed by atoms with Gasteiger partial charge in [0.25, 0.3) is 0 Å². The van der Waals surface area contributed by atoms with E-state index < -0.39 is 0 Å². The van der Waals surface area contributed by atoms with Gasteiger partial charge in [-0.15, -0.1) is 0 Å². The first-order valence-corrected chi connectivity index (χ1v) is 8.05. The molecule has 0 N–H and O–H groups in total. The second-order valence-corrected chi connectivity index (χ2v) is 6.24. The monoisotopic (exact) mass is 303 g/mol. The van der Waals surface area contributed by atoms with Crippen molar-refractivity contribution in [3.05, 3.63) is 41.0 Å². The van der Waals surface area contributed by atoms with Gasteiger partial charge in [-0.1, -0.05) is 29.8 Å². The molecule has 1 aliphatic rings. The highest BCUT2D eigenvalue weighted by Gasteiger charge is 2.13. The van der Waals surface area contributed by atoms with Gasteiger partial charge in [0.1, 0.15) is 5.15 Å². The van der Waals surface area contributed by atoms with Gasteiger partial charge in [0.05, 0.1) is 5.52 Å². The van der Waals surface area contributed by atoms with Crippen LogP contribution in [0.25, 0.3) is 10.9 Å². The number of hydrogen-bond acceptors (Lipinski definition) is 3. The van der Waals surface area contributed by atoms with Crippen LogP contribution in [0.5, 0.6) is 0 Å². The third kappa shape index (κ3) is 3.73. The summed E-state index contributed by atoms with van der Waals surface area (Å²) in [6, 6.07) is 10.3. The average Bonchev–Trinajstić information content (AvgIpc) is 2.50. The number of likely N-dealkylation sites (N-methyl/N-ethyl adjacent to an activating group) is 1. The second-order valence-electron chi connectivity index (χ2n) is 5.88. The largest absolute Gasteiger partial charge is 0.304 e. The van der Waals surface area contributed by atoms with Crippen LogP contribution in [0.2, 0.25) is 5.15 Å². The van der Waals surface area contributed by atoms with E-state index >= 15 is 0 Å². The van der Waals surface area contributed by atoms with Gasteiger partial charge in [-0.2, -0.15) is 0 Å². The third-order valence-electron chi connectivity index (χ3n) is 4.27. The fourth-order valence-electron chi connectivity index (χ4n) is 2.88. The molecule has 1 aromatic carbocycles. The molecule has 3 nitrogen and oxygen atoms in total. The number of hydrogen-bond donors (Lipinski definition) is 0. The zero-order valence-corrected chi connectivity index (χ0v) is 13.3. The number of aromatic nitrogens is 1. The molecule has 3 rings (SSSR count). The van der Waals surface area contributed by atoms with E-state index in [1.807, 2.05) is 18.2 Å². The number of benzene rings is 1. The van der Waals surface area contributed by atoms with Crippen molar-refractivity contribution in [2.24, 2.45) is 0 Å². The number of rotatable bonds is 4. The fourth-order valence-corrected chi connectivity index (χ4v) is 3.12. The second kappa shape index (κ2) is 6.73. The van der Waals surface area contributed by atoms with Gasteiger partial charge in [-0.05, 0) is 44.1 Å². The molecular weight excluding hydrogens is 282 g/mol. The Morgan fingerprint density at radius 2 is 1.90 bits per heavy atom. The Hall–Kier alpha value is -1.16. The molecule has 0 bridgehead atoms. The topological polar surface area (TPSA) is 19.4 Å². The molecule has 2 heterocycles. The Labute approximate surface area is 131 Å². The van der Waals surface area contributed by atoms with Crippen molar-refractivity contribution in [1.82, 2.24) is 14.8 Å². The number of para-hydroxylation sites is 1. The molecule has 1 aliphatic heterocycles. The van der Waals surface area contributed by atoms with Crippen molar-refractivity contribution in [2.75, 3.05) is 39.8 Å². The summed E-state index contributed by atoms with van der Waals surface area (Å²) in [5, 5.41) is 1.84. The van der Waals surface area contributed by atoms with Crippen LogP contribution in [0.1, 0.15) is 12.0 Å². The van der Waals surface area contributed by atoms with Gasteiger partial charge < -0.3 is 9.80 Å². The normalized spacial score (nSPS) is 17.4. The molecule has 0 aliphatic carbocycles. The molecule has 2 aromatic rings. The summed E-state index contributed by atoms with van der Waals surface area (Å²) in [5.41, 5.74) is 2.15. The van der Waals surface area contributed by atoms with Crippen LogP contribution in [0, 0.1) is 0 Å². The van der Waals surface area contributed by atoms with Crippen molar-refractivity contribution in [3.63, 3.8) is 0 Å². The summed E-state index contributed by atoms with van der Waals surface area (Å²) >= 11 is 6.31. The Morgan fingerprint density at radius 3 is 2.71 bits per heavy atom. The lowest BCUT2D eigenvalue weighted by molar-refractivity contribution is 0.153. The molecule has 0 atom stereocenters. The highest BCUT2D eigenvalue weighted by atomic mass is 35.5. The van der Waals surface area contributed by atoms with E-state index in [-0.39, 0.29) is 0 Å². The van der Waals surface area contributed by atoms with E-state index in [4.69, 9.17) is 11.6 Å². The molecule has 21 heavy (non-hydrogen) atoms. The lowest BCUT2D eigenvalue weighted by Gasteiger charge is -2.32. The molecule has 4 heteroatoms. The zero-order valence-electron chi connectivity index (χ0n) is 12.6. The first-order valence-electron chi connectivity index (χ1n) is 7.67. The van der Waals surface area contributed by atoms with Gasteiger partial charge in [0.15, 0.2) is 0 Å². The Morgan fingerprint density at radius 1 is 1.14 bits per heavy atom. The van der Waals surface area contributed by atoms with Gasteiger partial charge in [-0.25, -0.2) is 4.98 Å². The molecule has 0 amide bonds. The quantitative estimate of drug-likeness (QED) is 0.809. The third-order valence-corrected chi connectivity index (χ3v) is 4.59. The standard InChI is InChI=1S/C17H22ClN3/c1-20-9-11-21(12-10-20)8-4-6-15-13-14-5-2-3-7-16(14)19-17(15)18/h2-3,5,7,13H,4,6,8-12H2,1H3. The van der Waals surface area contributed by atoms with Crippen molar-refractivity contribution in [2.45, 2.75) is 12.8 Å². The predicted octanol–water partition coefficient (Wildman–Crippen LogP) is 3.07. The van der Waals surface area contributed by atoms with E-state index in [2.05, 4.69) is 34.0 Å². The SMILES string of the molecule is CN1CCN(CCCc2cc3ccccc3nc2Cl)CC1. The van der Waals surface area contributed by atoms with Crippen LogP contribution in [0.3, 0.4) is 0 Å². The maximum Gasteiger partial charge on any atom is 0.132 e.